The first kappa shape index (κ1) is 8.38. The number of nitrogens with two attached hydrogens (primary N) is 1. The van der Waals surface area contributed by atoms with E-state index in [1.165, 1.54) is 0 Å². The Morgan fingerprint density at radius 1 is 1.56 bits per heavy atom. The van der Waals surface area contributed by atoms with Gasteiger partial charge in [-0.2, -0.15) is 0 Å². The van der Waals surface area contributed by atoms with Crippen molar-refractivity contribution in [3.05, 3.63) is 0 Å². The summed E-state index contributed by atoms with van der Waals surface area (Å²) in [6, 6.07) is -0.546. The lowest BCUT2D eigenvalue weighted by Gasteiger charge is -2.04. The van der Waals surface area contributed by atoms with Crippen LogP contribution in [-0.4, -0.2) is 12.5 Å². The number of terminal acetylenes is 1. The molecule has 3 heteroatoms. The summed E-state index contributed by atoms with van der Waals surface area (Å²) in [6.45, 7) is 0. The Bertz CT molecular complexity index is 106. The number of hydrogen-bond acceptors (Lipinski definition) is 1. The third kappa shape index (κ3) is 5.25. The van der Waals surface area contributed by atoms with Crippen molar-refractivity contribution in [1.29, 1.82) is 0 Å². The van der Waals surface area contributed by atoms with Gasteiger partial charge in [0.25, 0.3) is 0 Å². The molecule has 0 heterocycles. The highest BCUT2D eigenvalue weighted by atomic mass is 19.3. The van der Waals surface area contributed by atoms with E-state index in [9.17, 15) is 8.78 Å². The average molecular weight is 133 g/mol. The fourth-order valence-corrected chi connectivity index (χ4v) is 0.464. The van der Waals surface area contributed by atoms with Gasteiger partial charge in [-0.15, -0.1) is 12.3 Å². The summed E-state index contributed by atoms with van der Waals surface area (Å²) in [7, 11) is 0. The van der Waals surface area contributed by atoms with Gasteiger partial charge in [0, 0.05) is 18.9 Å². The van der Waals surface area contributed by atoms with Crippen molar-refractivity contribution in [2.75, 3.05) is 0 Å². The Hall–Kier alpha value is -0.620. The van der Waals surface area contributed by atoms with Crippen LogP contribution >= 0.6 is 0 Å². The van der Waals surface area contributed by atoms with Gasteiger partial charge in [-0.05, 0) is 0 Å². The van der Waals surface area contributed by atoms with Crippen molar-refractivity contribution >= 4 is 0 Å². The molecule has 0 amide bonds. The molecule has 52 valence electrons. The second-order valence-corrected chi connectivity index (χ2v) is 1.80. The third-order valence-electron chi connectivity index (χ3n) is 0.861. The standard InChI is InChI=1S/C6H9F2N/c1-2-3-5(9)4-6(7)8/h1,5-6H,3-4,9H2. The molecule has 1 atom stereocenters. The Kier molecular flexibility index (Phi) is 3.98. The zero-order valence-corrected chi connectivity index (χ0v) is 4.98. The molecule has 0 saturated carbocycles. The molecule has 0 aliphatic carbocycles. The van der Waals surface area contributed by atoms with Crippen LogP contribution in [0, 0.1) is 12.3 Å². The summed E-state index contributed by atoms with van der Waals surface area (Å²) in [4.78, 5) is 0. The number of alkyl halides is 2. The van der Waals surface area contributed by atoms with E-state index in [0.29, 0.717) is 0 Å². The quantitative estimate of drug-likeness (QED) is 0.571. The lowest BCUT2D eigenvalue weighted by atomic mass is 10.2. The highest BCUT2D eigenvalue weighted by Crippen LogP contribution is 2.03. The van der Waals surface area contributed by atoms with Crippen LogP contribution in [-0.2, 0) is 0 Å². The summed E-state index contributed by atoms with van der Waals surface area (Å²) < 4.78 is 22.9. The zero-order valence-electron chi connectivity index (χ0n) is 4.98. The van der Waals surface area contributed by atoms with Gasteiger partial charge in [-0.25, -0.2) is 8.78 Å². The minimum atomic E-state index is -2.34. The minimum absolute atomic E-state index is 0.227. The van der Waals surface area contributed by atoms with Crippen molar-refractivity contribution < 1.29 is 8.78 Å². The largest absolute Gasteiger partial charge is 0.327 e. The van der Waals surface area contributed by atoms with Crippen molar-refractivity contribution in [2.24, 2.45) is 5.73 Å². The van der Waals surface area contributed by atoms with Gasteiger partial charge < -0.3 is 5.73 Å². The molecule has 0 saturated heterocycles. The van der Waals surface area contributed by atoms with Crippen LogP contribution in [0.4, 0.5) is 8.78 Å². The maximum atomic E-state index is 11.5. The van der Waals surface area contributed by atoms with E-state index in [-0.39, 0.29) is 12.8 Å². The second kappa shape index (κ2) is 4.28. The van der Waals surface area contributed by atoms with Crippen LogP contribution in [0.2, 0.25) is 0 Å². The highest BCUT2D eigenvalue weighted by molar-refractivity contribution is 4.88. The van der Waals surface area contributed by atoms with Gasteiger partial charge in [0.2, 0.25) is 6.43 Å². The maximum Gasteiger partial charge on any atom is 0.240 e. The highest BCUT2D eigenvalue weighted by Gasteiger charge is 2.08. The maximum absolute atomic E-state index is 11.5. The fraction of sp³-hybridized carbons (Fsp3) is 0.667. The van der Waals surface area contributed by atoms with Crippen molar-refractivity contribution in [3.63, 3.8) is 0 Å². The molecule has 0 aromatic heterocycles. The van der Waals surface area contributed by atoms with Crippen LogP contribution < -0.4 is 5.73 Å². The lowest BCUT2D eigenvalue weighted by Crippen LogP contribution is -2.21. The van der Waals surface area contributed by atoms with Gasteiger partial charge in [-0.1, -0.05) is 0 Å². The summed E-state index contributed by atoms with van der Waals surface area (Å²) >= 11 is 0. The molecule has 0 aliphatic heterocycles. The molecule has 0 fully saturated rings. The molecule has 0 aliphatic rings. The Morgan fingerprint density at radius 2 is 2.11 bits per heavy atom. The normalized spacial score (nSPS) is 13.2. The molecule has 1 unspecified atom stereocenters. The van der Waals surface area contributed by atoms with E-state index in [4.69, 9.17) is 12.2 Å². The predicted octanol–water partition coefficient (Wildman–Crippen LogP) is 0.992. The smallest absolute Gasteiger partial charge is 0.240 e. The topological polar surface area (TPSA) is 26.0 Å². The minimum Gasteiger partial charge on any atom is -0.327 e. The van der Waals surface area contributed by atoms with Crippen molar-refractivity contribution in [3.8, 4) is 12.3 Å². The Labute approximate surface area is 53.2 Å². The molecule has 2 N–H and O–H groups in total. The third-order valence-corrected chi connectivity index (χ3v) is 0.861. The summed E-state index contributed by atoms with van der Waals surface area (Å²) in [6.07, 6.45) is 2.42. The molecule has 0 bridgehead atoms. The van der Waals surface area contributed by atoms with E-state index >= 15 is 0 Å². The molecule has 1 nitrogen and oxygen atoms in total. The fourth-order valence-electron chi connectivity index (χ4n) is 0.464. The molecule has 0 aromatic carbocycles. The average Bonchev–Trinajstić information content (AvgIpc) is 1.63. The SMILES string of the molecule is C#CCC(N)CC(F)F. The van der Waals surface area contributed by atoms with Crippen LogP contribution in [0.1, 0.15) is 12.8 Å². The van der Waals surface area contributed by atoms with Gasteiger partial charge in [0.15, 0.2) is 0 Å². The molecule has 0 radical (unpaired) electrons. The molecule has 0 spiro atoms. The molecular formula is C6H9F2N. The molecule has 0 aromatic rings. The van der Waals surface area contributed by atoms with Gasteiger partial charge in [0.1, 0.15) is 0 Å². The summed E-state index contributed by atoms with van der Waals surface area (Å²) in [5, 5.41) is 0. The monoisotopic (exact) mass is 133 g/mol. The molecular weight excluding hydrogens is 124 g/mol. The lowest BCUT2D eigenvalue weighted by molar-refractivity contribution is 0.129. The van der Waals surface area contributed by atoms with Gasteiger partial charge in [0.05, 0.1) is 0 Å². The zero-order chi connectivity index (χ0) is 7.28. The first-order valence-corrected chi connectivity index (χ1v) is 2.64. The van der Waals surface area contributed by atoms with E-state index < -0.39 is 12.5 Å². The number of halogens is 2. The first-order chi connectivity index (χ1) is 4.16. The van der Waals surface area contributed by atoms with Crippen molar-refractivity contribution in [2.45, 2.75) is 25.3 Å². The summed E-state index contributed by atoms with van der Waals surface area (Å²) in [5.41, 5.74) is 5.16. The van der Waals surface area contributed by atoms with E-state index in [2.05, 4.69) is 5.92 Å². The molecule has 9 heavy (non-hydrogen) atoms. The Balaban J connectivity index is 3.29. The first-order valence-electron chi connectivity index (χ1n) is 2.64. The van der Waals surface area contributed by atoms with E-state index in [1.807, 2.05) is 0 Å². The van der Waals surface area contributed by atoms with E-state index in [0.717, 1.165) is 0 Å². The predicted molar refractivity (Wildman–Crippen MR) is 32.0 cm³/mol. The van der Waals surface area contributed by atoms with Gasteiger partial charge >= 0.3 is 0 Å². The van der Waals surface area contributed by atoms with Crippen LogP contribution in [0.15, 0.2) is 0 Å². The van der Waals surface area contributed by atoms with Gasteiger partial charge in [-0.3, -0.25) is 0 Å². The summed E-state index contributed by atoms with van der Waals surface area (Å²) in [5.74, 6) is 2.21. The van der Waals surface area contributed by atoms with Crippen LogP contribution in [0.5, 0.6) is 0 Å². The number of hydrogen-bond donors (Lipinski definition) is 1. The Morgan fingerprint density at radius 3 is 2.44 bits per heavy atom. The second-order valence-electron chi connectivity index (χ2n) is 1.80. The van der Waals surface area contributed by atoms with Crippen LogP contribution in [0.25, 0.3) is 0 Å². The number of rotatable bonds is 3. The van der Waals surface area contributed by atoms with Crippen molar-refractivity contribution in [1.82, 2.24) is 0 Å². The molecule has 0 rings (SSSR count). The van der Waals surface area contributed by atoms with Crippen LogP contribution in [0.3, 0.4) is 0 Å². The van der Waals surface area contributed by atoms with E-state index in [1.54, 1.807) is 0 Å².